The third-order valence-corrected chi connectivity index (χ3v) is 5.63. The number of nitrogens with zero attached hydrogens (tertiary/aromatic N) is 1. The highest BCUT2D eigenvalue weighted by Gasteiger charge is 2.23. The van der Waals surface area contributed by atoms with Gasteiger partial charge in [-0.3, -0.25) is 4.79 Å². The zero-order chi connectivity index (χ0) is 13.8. The Kier molecular flexibility index (Phi) is 4.47. The number of hydrogen-bond donors (Lipinski definition) is 0. The molecular formula is C15H17NO2S2. The van der Waals surface area contributed by atoms with Gasteiger partial charge in [-0.05, 0) is 30.0 Å². The minimum Gasteiger partial charge on any atom is -0.468 e. The highest BCUT2D eigenvalue weighted by Crippen LogP contribution is 2.34. The van der Waals surface area contributed by atoms with Crippen LogP contribution in [0.3, 0.4) is 0 Å². The maximum absolute atomic E-state index is 12.3. The molecule has 1 unspecified atom stereocenters. The van der Waals surface area contributed by atoms with Gasteiger partial charge in [0.2, 0.25) is 5.91 Å². The summed E-state index contributed by atoms with van der Waals surface area (Å²) in [6.07, 6.45) is 3.22. The number of amides is 1. The monoisotopic (exact) mass is 307 g/mol. The molecule has 0 saturated carbocycles. The molecule has 1 aliphatic heterocycles. The summed E-state index contributed by atoms with van der Waals surface area (Å²) in [5.74, 6) is 2.25. The van der Waals surface area contributed by atoms with E-state index in [4.69, 9.17) is 4.42 Å². The number of carbonyl (C=O) groups is 1. The van der Waals surface area contributed by atoms with Crippen molar-refractivity contribution >= 4 is 29.0 Å². The van der Waals surface area contributed by atoms with Crippen molar-refractivity contribution < 1.29 is 9.21 Å². The quantitative estimate of drug-likeness (QED) is 0.869. The van der Waals surface area contributed by atoms with Gasteiger partial charge in [-0.2, -0.15) is 0 Å². The fourth-order valence-electron chi connectivity index (χ4n) is 2.40. The first-order valence-electron chi connectivity index (χ1n) is 6.78. The van der Waals surface area contributed by atoms with Crippen molar-refractivity contribution in [2.45, 2.75) is 18.1 Å². The Bertz CT molecular complexity index is 536. The van der Waals surface area contributed by atoms with Gasteiger partial charge in [0.25, 0.3) is 0 Å². The second kappa shape index (κ2) is 6.50. The van der Waals surface area contributed by atoms with E-state index < -0.39 is 0 Å². The van der Waals surface area contributed by atoms with E-state index in [1.54, 1.807) is 17.6 Å². The van der Waals surface area contributed by atoms with Crippen LogP contribution in [0.2, 0.25) is 0 Å². The largest absolute Gasteiger partial charge is 0.468 e. The zero-order valence-corrected chi connectivity index (χ0v) is 12.8. The van der Waals surface area contributed by atoms with Crippen LogP contribution < -0.4 is 0 Å². The average Bonchev–Trinajstić information content (AvgIpc) is 3.09. The van der Waals surface area contributed by atoms with E-state index in [1.807, 2.05) is 46.3 Å². The molecule has 3 heterocycles. The summed E-state index contributed by atoms with van der Waals surface area (Å²) >= 11 is 3.54. The Morgan fingerprint density at radius 1 is 1.35 bits per heavy atom. The molecule has 0 spiro atoms. The van der Waals surface area contributed by atoms with Gasteiger partial charge < -0.3 is 9.32 Å². The highest BCUT2D eigenvalue weighted by atomic mass is 32.2. The van der Waals surface area contributed by atoms with Crippen molar-refractivity contribution in [1.82, 2.24) is 4.90 Å². The van der Waals surface area contributed by atoms with Gasteiger partial charge in [-0.25, -0.2) is 0 Å². The van der Waals surface area contributed by atoms with Crippen LogP contribution in [0.4, 0.5) is 0 Å². The molecule has 2 aromatic heterocycles. The van der Waals surface area contributed by atoms with Crippen molar-refractivity contribution in [1.29, 1.82) is 0 Å². The lowest BCUT2D eigenvalue weighted by Gasteiger charge is -2.19. The molecule has 1 amide bonds. The van der Waals surface area contributed by atoms with Crippen LogP contribution in [-0.2, 0) is 11.2 Å². The number of hydrogen-bond acceptors (Lipinski definition) is 4. The number of carbonyl (C=O) groups excluding carboxylic acids is 1. The first kappa shape index (κ1) is 13.8. The van der Waals surface area contributed by atoms with Crippen LogP contribution in [0.25, 0.3) is 0 Å². The smallest absolute Gasteiger partial charge is 0.227 e. The normalized spacial score (nSPS) is 19.8. The Morgan fingerprint density at radius 3 is 3.05 bits per heavy atom. The molecule has 2 aromatic rings. The molecule has 5 heteroatoms. The number of thiophene rings is 1. The van der Waals surface area contributed by atoms with Crippen molar-refractivity contribution in [3.63, 3.8) is 0 Å². The summed E-state index contributed by atoms with van der Waals surface area (Å²) in [6.45, 7) is 1.66. The Labute approximate surface area is 127 Å². The molecule has 3 nitrogen and oxygen atoms in total. The third kappa shape index (κ3) is 3.27. The minimum absolute atomic E-state index is 0.244. The standard InChI is InChI=1S/C15H17NO2S2/c17-15(11-12-3-2-9-19-12)16-6-5-14(20-10-7-16)13-4-1-8-18-13/h1-4,8-9,14H,5-7,10-11H2. The molecule has 1 atom stereocenters. The molecule has 106 valence electrons. The fourth-order valence-corrected chi connectivity index (χ4v) is 4.27. The number of thioether (sulfide) groups is 1. The SMILES string of the molecule is O=C(Cc1cccs1)N1CCSC(c2ccco2)CC1. The van der Waals surface area contributed by atoms with Crippen LogP contribution in [0.5, 0.6) is 0 Å². The van der Waals surface area contributed by atoms with Gasteiger partial charge in [0.05, 0.1) is 17.9 Å². The molecule has 1 fully saturated rings. The van der Waals surface area contributed by atoms with E-state index in [0.717, 1.165) is 35.9 Å². The first-order valence-corrected chi connectivity index (χ1v) is 8.71. The van der Waals surface area contributed by atoms with Gasteiger partial charge in [-0.15, -0.1) is 23.1 Å². The molecular weight excluding hydrogens is 290 g/mol. The summed E-state index contributed by atoms with van der Waals surface area (Å²) in [5.41, 5.74) is 0. The van der Waals surface area contributed by atoms with E-state index in [2.05, 4.69) is 0 Å². The van der Waals surface area contributed by atoms with E-state index in [9.17, 15) is 4.79 Å². The summed E-state index contributed by atoms with van der Waals surface area (Å²) in [4.78, 5) is 15.5. The second-order valence-electron chi connectivity index (χ2n) is 4.80. The predicted octanol–water partition coefficient (Wildman–Crippen LogP) is 3.59. The molecule has 3 rings (SSSR count). The lowest BCUT2D eigenvalue weighted by atomic mass is 10.2. The van der Waals surface area contributed by atoms with Crippen molar-refractivity contribution in [3.05, 3.63) is 46.5 Å². The van der Waals surface area contributed by atoms with Crippen LogP contribution >= 0.6 is 23.1 Å². The lowest BCUT2D eigenvalue weighted by molar-refractivity contribution is -0.130. The Hall–Kier alpha value is -1.20. The van der Waals surface area contributed by atoms with E-state index in [-0.39, 0.29) is 5.91 Å². The van der Waals surface area contributed by atoms with Crippen molar-refractivity contribution in [2.75, 3.05) is 18.8 Å². The molecule has 0 N–H and O–H groups in total. The van der Waals surface area contributed by atoms with Crippen LogP contribution in [-0.4, -0.2) is 29.6 Å². The van der Waals surface area contributed by atoms with Crippen LogP contribution in [0.15, 0.2) is 40.3 Å². The van der Waals surface area contributed by atoms with Crippen molar-refractivity contribution in [3.8, 4) is 0 Å². The minimum atomic E-state index is 0.244. The lowest BCUT2D eigenvalue weighted by Crippen LogP contribution is -2.33. The topological polar surface area (TPSA) is 33.5 Å². The van der Waals surface area contributed by atoms with Gasteiger partial charge >= 0.3 is 0 Å². The number of furan rings is 1. The summed E-state index contributed by atoms with van der Waals surface area (Å²) < 4.78 is 5.49. The van der Waals surface area contributed by atoms with Gasteiger partial charge in [0.1, 0.15) is 5.76 Å². The molecule has 0 aliphatic carbocycles. The van der Waals surface area contributed by atoms with Gasteiger partial charge in [0.15, 0.2) is 0 Å². The second-order valence-corrected chi connectivity index (χ2v) is 7.14. The van der Waals surface area contributed by atoms with Gasteiger partial charge in [0, 0.05) is 23.7 Å². The first-order chi connectivity index (χ1) is 9.83. The number of rotatable bonds is 3. The Balaban J connectivity index is 1.58. The molecule has 0 aromatic carbocycles. The maximum Gasteiger partial charge on any atom is 0.227 e. The fraction of sp³-hybridized carbons (Fsp3) is 0.400. The highest BCUT2D eigenvalue weighted by molar-refractivity contribution is 7.99. The molecule has 1 saturated heterocycles. The summed E-state index contributed by atoms with van der Waals surface area (Å²) in [7, 11) is 0. The molecule has 0 radical (unpaired) electrons. The third-order valence-electron chi connectivity index (χ3n) is 3.46. The van der Waals surface area contributed by atoms with E-state index in [0.29, 0.717) is 11.7 Å². The Morgan fingerprint density at radius 2 is 2.30 bits per heavy atom. The predicted molar refractivity (Wildman–Crippen MR) is 83.1 cm³/mol. The molecule has 0 bridgehead atoms. The maximum atomic E-state index is 12.3. The average molecular weight is 307 g/mol. The van der Waals surface area contributed by atoms with Crippen LogP contribution in [0.1, 0.15) is 22.3 Å². The van der Waals surface area contributed by atoms with Crippen molar-refractivity contribution in [2.24, 2.45) is 0 Å². The van der Waals surface area contributed by atoms with E-state index in [1.165, 1.54) is 0 Å². The van der Waals surface area contributed by atoms with Crippen LogP contribution in [0, 0.1) is 0 Å². The van der Waals surface area contributed by atoms with Gasteiger partial charge in [-0.1, -0.05) is 6.07 Å². The van der Waals surface area contributed by atoms with E-state index >= 15 is 0 Å². The molecule has 1 aliphatic rings. The summed E-state index contributed by atoms with van der Waals surface area (Å²) in [6, 6.07) is 7.99. The molecule has 20 heavy (non-hydrogen) atoms. The summed E-state index contributed by atoms with van der Waals surface area (Å²) in [5, 5.41) is 2.40. The zero-order valence-electron chi connectivity index (χ0n) is 11.2.